The third-order valence-electron chi connectivity index (χ3n) is 4.25. The number of para-hydroxylation sites is 1. The molecular weight excluding hydrogens is 252 g/mol. The highest BCUT2D eigenvalue weighted by Gasteiger charge is 2.31. The molecule has 4 nitrogen and oxygen atoms in total. The van der Waals surface area contributed by atoms with Gasteiger partial charge in [0.2, 0.25) is 0 Å². The van der Waals surface area contributed by atoms with Crippen molar-refractivity contribution in [1.29, 1.82) is 0 Å². The van der Waals surface area contributed by atoms with Crippen molar-refractivity contribution >= 4 is 11.6 Å². The first-order valence-corrected chi connectivity index (χ1v) is 7.59. The molecule has 0 spiro atoms. The lowest BCUT2D eigenvalue weighted by Gasteiger charge is -2.22. The summed E-state index contributed by atoms with van der Waals surface area (Å²) < 4.78 is 5.58. The molecule has 1 saturated heterocycles. The van der Waals surface area contributed by atoms with Gasteiger partial charge in [-0.15, -0.1) is 0 Å². The van der Waals surface area contributed by atoms with E-state index >= 15 is 0 Å². The van der Waals surface area contributed by atoms with Crippen LogP contribution in [0.15, 0.2) is 24.3 Å². The van der Waals surface area contributed by atoms with E-state index in [9.17, 15) is 4.79 Å². The van der Waals surface area contributed by atoms with E-state index in [1.54, 1.807) is 0 Å². The Morgan fingerprint density at radius 2 is 2.30 bits per heavy atom. The minimum Gasteiger partial charge on any atom is -0.372 e. The number of amides is 1. The minimum absolute atomic E-state index is 0.209. The molecule has 1 aromatic carbocycles. The lowest BCUT2D eigenvalue weighted by Crippen LogP contribution is -2.88. The minimum atomic E-state index is 0.209. The largest absolute Gasteiger partial charge is 0.372 e. The Kier molecular flexibility index (Phi) is 4.03. The van der Waals surface area contributed by atoms with Gasteiger partial charge in [0.05, 0.1) is 0 Å². The lowest BCUT2D eigenvalue weighted by molar-refractivity contribution is -0.650. The van der Waals surface area contributed by atoms with Gasteiger partial charge in [0, 0.05) is 18.3 Å². The number of rotatable bonds is 4. The third kappa shape index (κ3) is 2.72. The summed E-state index contributed by atoms with van der Waals surface area (Å²) in [6, 6.07) is 8.50. The number of anilines is 1. The molecule has 2 aliphatic heterocycles. The highest BCUT2D eigenvalue weighted by Crippen LogP contribution is 2.31. The first-order valence-electron chi connectivity index (χ1n) is 7.59. The van der Waals surface area contributed by atoms with Gasteiger partial charge in [-0.05, 0) is 37.8 Å². The molecule has 0 aromatic heterocycles. The molecule has 2 aliphatic rings. The predicted octanol–water partition coefficient (Wildman–Crippen LogP) is 0.707. The fourth-order valence-electron chi connectivity index (χ4n) is 3.27. The zero-order valence-corrected chi connectivity index (χ0v) is 12.0. The van der Waals surface area contributed by atoms with Crippen molar-refractivity contribution in [2.75, 3.05) is 24.6 Å². The molecule has 2 atom stereocenters. The van der Waals surface area contributed by atoms with Crippen LogP contribution in [0.5, 0.6) is 0 Å². The maximum atomic E-state index is 12.4. The fourth-order valence-corrected chi connectivity index (χ4v) is 3.27. The quantitative estimate of drug-likeness (QED) is 0.879. The Labute approximate surface area is 120 Å². The van der Waals surface area contributed by atoms with E-state index in [0.29, 0.717) is 12.6 Å². The zero-order chi connectivity index (χ0) is 13.9. The summed E-state index contributed by atoms with van der Waals surface area (Å²) in [6.45, 7) is 4.41. The first kappa shape index (κ1) is 13.6. The number of carbonyl (C=O) groups is 1. The average molecular weight is 275 g/mol. The molecule has 3 rings (SSSR count). The van der Waals surface area contributed by atoms with E-state index in [2.05, 4.69) is 24.4 Å². The van der Waals surface area contributed by atoms with Crippen LogP contribution >= 0.6 is 0 Å². The van der Waals surface area contributed by atoms with E-state index in [1.807, 2.05) is 17.0 Å². The highest BCUT2D eigenvalue weighted by atomic mass is 16.5. The summed E-state index contributed by atoms with van der Waals surface area (Å²) in [5.41, 5.74) is 2.38. The molecule has 0 aliphatic carbocycles. The molecule has 108 valence electrons. The van der Waals surface area contributed by atoms with Crippen LogP contribution in [0.25, 0.3) is 0 Å². The number of quaternary nitrogens is 1. The normalized spacial score (nSPS) is 24.9. The van der Waals surface area contributed by atoms with Crippen LogP contribution in [0.1, 0.15) is 25.3 Å². The van der Waals surface area contributed by atoms with Crippen LogP contribution in [0.2, 0.25) is 0 Å². The van der Waals surface area contributed by atoms with Crippen molar-refractivity contribution in [3.63, 3.8) is 0 Å². The third-order valence-corrected chi connectivity index (χ3v) is 4.25. The second kappa shape index (κ2) is 5.94. The summed E-state index contributed by atoms with van der Waals surface area (Å²) in [5, 5.41) is 2.09. The maximum absolute atomic E-state index is 12.4. The summed E-state index contributed by atoms with van der Waals surface area (Å²) in [5.74, 6) is 0.209. The molecule has 1 aromatic rings. The van der Waals surface area contributed by atoms with Crippen molar-refractivity contribution in [3.8, 4) is 0 Å². The molecule has 0 bridgehead atoms. The van der Waals surface area contributed by atoms with Crippen molar-refractivity contribution in [3.05, 3.63) is 29.8 Å². The highest BCUT2D eigenvalue weighted by molar-refractivity contribution is 5.96. The van der Waals surface area contributed by atoms with E-state index < -0.39 is 0 Å². The standard InChI is InChI=1S/C16H22N2O2/c1-12-9-13-5-2-3-7-15(13)18(12)16(19)11-17-10-14-6-4-8-20-14/h2-3,5,7,12,14,17H,4,6,8-11H2,1H3/p+1/t12-,14+/m1/s1. The summed E-state index contributed by atoms with van der Waals surface area (Å²) in [6.07, 6.45) is 3.59. The van der Waals surface area contributed by atoms with E-state index in [-0.39, 0.29) is 11.9 Å². The van der Waals surface area contributed by atoms with Crippen molar-refractivity contribution < 1.29 is 14.8 Å². The Morgan fingerprint density at radius 1 is 1.45 bits per heavy atom. The van der Waals surface area contributed by atoms with Gasteiger partial charge >= 0.3 is 0 Å². The molecule has 2 heterocycles. The van der Waals surface area contributed by atoms with Crippen molar-refractivity contribution in [2.24, 2.45) is 0 Å². The Bertz CT molecular complexity index is 483. The molecule has 4 heteroatoms. The first-order chi connectivity index (χ1) is 9.75. The van der Waals surface area contributed by atoms with Gasteiger partial charge in [0.15, 0.2) is 6.54 Å². The van der Waals surface area contributed by atoms with Crippen LogP contribution in [0.3, 0.4) is 0 Å². The maximum Gasteiger partial charge on any atom is 0.282 e. The Morgan fingerprint density at radius 3 is 3.10 bits per heavy atom. The van der Waals surface area contributed by atoms with Gasteiger partial charge < -0.3 is 15.0 Å². The Hall–Kier alpha value is -1.39. The molecule has 1 amide bonds. The number of ether oxygens (including phenoxy) is 1. The number of benzene rings is 1. The predicted molar refractivity (Wildman–Crippen MR) is 77.7 cm³/mol. The molecule has 0 radical (unpaired) electrons. The number of carbonyl (C=O) groups excluding carboxylic acids is 1. The number of nitrogens with two attached hydrogens (primary N) is 1. The van der Waals surface area contributed by atoms with Gasteiger partial charge in [-0.3, -0.25) is 4.79 Å². The smallest absolute Gasteiger partial charge is 0.282 e. The van der Waals surface area contributed by atoms with Crippen LogP contribution in [0, 0.1) is 0 Å². The topological polar surface area (TPSA) is 46.2 Å². The summed E-state index contributed by atoms with van der Waals surface area (Å²) in [4.78, 5) is 14.4. The molecule has 20 heavy (non-hydrogen) atoms. The van der Waals surface area contributed by atoms with Gasteiger partial charge in [0.25, 0.3) is 5.91 Å². The van der Waals surface area contributed by atoms with Crippen LogP contribution in [-0.2, 0) is 16.0 Å². The molecule has 2 N–H and O–H groups in total. The van der Waals surface area contributed by atoms with Crippen molar-refractivity contribution in [1.82, 2.24) is 0 Å². The van der Waals surface area contributed by atoms with Gasteiger partial charge in [-0.2, -0.15) is 0 Å². The summed E-state index contributed by atoms with van der Waals surface area (Å²) >= 11 is 0. The van der Waals surface area contributed by atoms with Crippen molar-refractivity contribution in [2.45, 2.75) is 38.3 Å². The van der Waals surface area contributed by atoms with E-state index in [0.717, 1.165) is 38.1 Å². The molecular formula is C16H23N2O2+. The number of hydrogen-bond acceptors (Lipinski definition) is 2. The van der Waals surface area contributed by atoms with Gasteiger partial charge in [0.1, 0.15) is 12.6 Å². The second-order valence-corrected chi connectivity index (χ2v) is 5.81. The second-order valence-electron chi connectivity index (χ2n) is 5.81. The molecule has 0 unspecified atom stereocenters. The van der Waals surface area contributed by atoms with Crippen LogP contribution < -0.4 is 10.2 Å². The van der Waals surface area contributed by atoms with Crippen LogP contribution in [0.4, 0.5) is 5.69 Å². The van der Waals surface area contributed by atoms with Gasteiger partial charge in [-0.25, -0.2) is 0 Å². The zero-order valence-electron chi connectivity index (χ0n) is 12.0. The van der Waals surface area contributed by atoms with Crippen LogP contribution in [-0.4, -0.2) is 37.7 Å². The molecule has 0 saturated carbocycles. The SMILES string of the molecule is C[C@@H]1Cc2ccccc2N1C(=O)C[NH2+]C[C@@H]1CCCO1. The van der Waals surface area contributed by atoms with E-state index in [4.69, 9.17) is 4.74 Å². The van der Waals surface area contributed by atoms with Gasteiger partial charge in [-0.1, -0.05) is 18.2 Å². The fraction of sp³-hybridized carbons (Fsp3) is 0.562. The lowest BCUT2D eigenvalue weighted by atomic mass is 10.1. The number of nitrogens with zero attached hydrogens (tertiary/aromatic N) is 1. The van der Waals surface area contributed by atoms with E-state index in [1.165, 1.54) is 5.56 Å². The number of hydrogen-bond donors (Lipinski definition) is 1. The number of fused-ring (bicyclic) bond motifs is 1. The average Bonchev–Trinajstić information content (AvgIpc) is 3.04. The monoisotopic (exact) mass is 275 g/mol. The summed E-state index contributed by atoms with van der Waals surface area (Å²) in [7, 11) is 0. The Balaban J connectivity index is 1.56. The molecule has 1 fully saturated rings.